The van der Waals surface area contributed by atoms with Gasteiger partial charge in [0.05, 0.1) is 25.9 Å². The van der Waals surface area contributed by atoms with Gasteiger partial charge in [-0.15, -0.1) is 0 Å². The molecular weight excluding hydrogens is 254 g/mol. The van der Waals surface area contributed by atoms with Crippen molar-refractivity contribution in [3.05, 3.63) is 36.1 Å². The van der Waals surface area contributed by atoms with Crippen LogP contribution in [0.25, 0.3) is 11.0 Å². The third-order valence-electron chi connectivity index (χ3n) is 3.12. The molecule has 20 heavy (non-hydrogen) atoms. The van der Waals surface area contributed by atoms with Gasteiger partial charge in [0.1, 0.15) is 11.3 Å². The van der Waals surface area contributed by atoms with Crippen molar-refractivity contribution in [1.82, 2.24) is 0 Å². The van der Waals surface area contributed by atoms with Gasteiger partial charge in [-0.05, 0) is 18.6 Å². The smallest absolute Gasteiger partial charge is 0.134 e. The van der Waals surface area contributed by atoms with Crippen molar-refractivity contribution in [2.24, 2.45) is 5.73 Å². The Bertz CT molecular complexity index is 476. The summed E-state index contributed by atoms with van der Waals surface area (Å²) in [5, 5.41) is 1.07. The van der Waals surface area contributed by atoms with Gasteiger partial charge in [-0.25, -0.2) is 0 Å². The molecule has 0 aliphatic carbocycles. The molecule has 0 saturated carbocycles. The minimum absolute atomic E-state index is 0.238. The molecule has 0 bridgehead atoms. The van der Waals surface area contributed by atoms with Crippen LogP contribution in [0.4, 0.5) is 0 Å². The molecule has 1 atom stereocenters. The van der Waals surface area contributed by atoms with Crippen LogP contribution in [0.5, 0.6) is 0 Å². The summed E-state index contributed by atoms with van der Waals surface area (Å²) in [6, 6.07) is 9.62. The summed E-state index contributed by atoms with van der Waals surface area (Å²) >= 11 is 0. The predicted molar refractivity (Wildman–Crippen MR) is 79.7 cm³/mol. The van der Waals surface area contributed by atoms with Crippen LogP contribution in [-0.4, -0.2) is 26.4 Å². The molecular formula is C16H23NO3. The van der Waals surface area contributed by atoms with Crippen LogP contribution in [0, 0.1) is 0 Å². The highest BCUT2D eigenvalue weighted by Gasteiger charge is 2.11. The van der Waals surface area contributed by atoms with Gasteiger partial charge in [0, 0.05) is 12.0 Å². The molecule has 1 unspecified atom stereocenters. The summed E-state index contributed by atoms with van der Waals surface area (Å²) in [4.78, 5) is 0. The van der Waals surface area contributed by atoms with Gasteiger partial charge in [-0.3, -0.25) is 0 Å². The Balaban J connectivity index is 1.70. The summed E-state index contributed by atoms with van der Waals surface area (Å²) in [6.07, 6.45) is 2.25. The molecule has 0 aliphatic heterocycles. The lowest BCUT2D eigenvalue weighted by atomic mass is 10.2. The largest absolute Gasteiger partial charge is 0.459 e. The van der Waals surface area contributed by atoms with Gasteiger partial charge in [0.15, 0.2) is 0 Å². The molecule has 0 radical (unpaired) electrons. The van der Waals surface area contributed by atoms with Crippen LogP contribution >= 0.6 is 0 Å². The van der Waals surface area contributed by atoms with Crippen LogP contribution in [0.1, 0.15) is 31.6 Å². The fraction of sp³-hybridized carbons (Fsp3) is 0.500. The molecule has 110 valence electrons. The fourth-order valence-electron chi connectivity index (χ4n) is 1.94. The minimum atomic E-state index is -0.238. The van der Waals surface area contributed by atoms with Gasteiger partial charge >= 0.3 is 0 Å². The Morgan fingerprint density at radius 2 is 1.95 bits per heavy atom. The van der Waals surface area contributed by atoms with Gasteiger partial charge < -0.3 is 19.6 Å². The summed E-state index contributed by atoms with van der Waals surface area (Å²) in [5.74, 6) is 0.762. The number of rotatable bonds is 9. The second-order valence-electron chi connectivity index (χ2n) is 4.83. The van der Waals surface area contributed by atoms with E-state index in [2.05, 4.69) is 6.92 Å². The third kappa shape index (κ3) is 4.34. The highest BCUT2D eigenvalue weighted by Crippen LogP contribution is 2.22. The second-order valence-corrected chi connectivity index (χ2v) is 4.83. The molecule has 1 aromatic carbocycles. The molecule has 4 heteroatoms. The first-order valence-corrected chi connectivity index (χ1v) is 7.21. The zero-order chi connectivity index (χ0) is 14.2. The number of ether oxygens (including phenoxy) is 2. The number of para-hydroxylation sites is 1. The van der Waals surface area contributed by atoms with E-state index in [1.807, 2.05) is 30.3 Å². The molecule has 2 rings (SSSR count). The van der Waals surface area contributed by atoms with Crippen LogP contribution in [0.15, 0.2) is 34.7 Å². The maximum Gasteiger partial charge on any atom is 0.134 e. The summed E-state index contributed by atoms with van der Waals surface area (Å²) in [6.45, 7) is 4.57. The average Bonchev–Trinajstić information content (AvgIpc) is 2.90. The normalized spacial score (nSPS) is 12.9. The summed E-state index contributed by atoms with van der Waals surface area (Å²) in [5.41, 5.74) is 6.92. The Morgan fingerprint density at radius 1 is 1.15 bits per heavy atom. The SMILES string of the molecule is CCCCOCCOCC(N)c1cc2ccccc2o1. The van der Waals surface area contributed by atoms with Crippen LogP contribution in [-0.2, 0) is 9.47 Å². The topological polar surface area (TPSA) is 57.6 Å². The maximum atomic E-state index is 6.06. The van der Waals surface area contributed by atoms with Crippen LogP contribution in [0.2, 0.25) is 0 Å². The molecule has 0 spiro atoms. The Morgan fingerprint density at radius 3 is 2.75 bits per heavy atom. The fourth-order valence-corrected chi connectivity index (χ4v) is 1.94. The number of nitrogens with two attached hydrogens (primary N) is 1. The summed E-state index contributed by atoms with van der Waals surface area (Å²) in [7, 11) is 0. The van der Waals surface area contributed by atoms with Crippen molar-refractivity contribution in [3.63, 3.8) is 0 Å². The van der Waals surface area contributed by atoms with E-state index >= 15 is 0 Å². The highest BCUT2D eigenvalue weighted by atomic mass is 16.5. The van der Waals surface area contributed by atoms with Crippen LogP contribution in [0.3, 0.4) is 0 Å². The number of hydrogen-bond donors (Lipinski definition) is 1. The number of benzene rings is 1. The lowest BCUT2D eigenvalue weighted by molar-refractivity contribution is 0.0400. The van der Waals surface area contributed by atoms with E-state index in [9.17, 15) is 0 Å². The van der Waals surface area contributed by atoms with E-state index in [1.54, 1.807) is 0 Å². The van der Waals surface area contributed by atoms with Crippen molar-refractivity contribution < 1.29 is 13.9 Å². The van der Waals surface area contributed by atoms with Crippen molar-refractivity contribution in [2.45, 2.75) is 25.8 Å². The average molecular weight is 277 g/mol. The highest BCUT2D eigenvalue weighted by molar-refractivity contribution is 5.77. The second kappa shape index (κ2) is 8.04. The lowest BCUT2D eigenvalue weighted by Crippen LogP contribution is -2.18. The maximum absolute atomic E-state index is 6.06. The van der Waals surface area contributed by atoms with Crippen molar-refractivity contribution in [1.29, 1.82) is 0 Å². The predicted octanol–water partition coefficient (Wildman–Crippen LogP) is 3.27. The molecule has 1 heterocycles. The van der Waals surface area contributed by atoms with E-state index in [-0.39, 0.29) is 6.04 Å². The quantitative estimate of drug-likeness (QED) is 0.715. The van der Waals surface area contributed by atoms with E-state index in [1.165, 1.54) is 0 Å². The summed E-state index contributed by atoms with van der Waals surface area (Å²) < 4.78 is 16.6. The van der Waals surface area contributed by atoms with Gasteiger partial charge in [-0.1, -0.05) is 31.5 Å². The van der Waals surface area contributed by atoms with E-state index in [0.29, 0.717) is 19.8 Å². The van der Waals surface area contributed by atoms with E-state index in [4.69, 9.17) is 19.6 Å². The number of hydrogen-bond acceptors (Lipinski definition) is 4. The standard InChI is InChI=1S/C16H23NO3/c1-2-3-8-18-9-10-19-12-14(17)16-11-13-6-4-5-7-15(13)20-16/h4-7,11,14H,2-3,8-10,12,17H2,1H3. The van der Waals surface area contributed by atoms with Gasteiger partial charge in [0.25, 0.3) is 0 Å². The first-order chi connectivity index (χ1) is 9.81. The Labute approximate surface area is 119 Å². The molecule has 2 aromatic rings. The zero-order valence-corrected chi connectivity index (χ0v) is 12.0. The van der Waals surface area contributed by atoms with Gasteiger partial charge in [0.2, 0.25) is 0 Å². The van der Waals surface area contributed by atoms with Crippen molar-refractivity contribution in [3.8, 4) is 0 Å². The Hall–Kier alpha value is -1.36. The lowest BCUT2D eigenvalue weighted by Gasteiger charge is -2.09. The zero-order valence-electron chi connectivity index (χ0n) is 12.0. The molecule has 2 N–H and O–H groups in total. The Kier molecular flexibility index (Phi) is 6.05. The molecule has 4 nitrogen and oxygen atoms in total. The molecule has 0 fully saturated rings. The van der Waals surface area contributed by atoms with Crippen molar-refractivity contribution >= 4 is 11.0 Å². The van der Waals surface area contributed by atoms with Gasteiger partial charge in [-0.2, -0.15) is 0 Å². The van der Waals surface area contributed by atoms with Crippen LogP contribution < -0.4 is 5.73 Å². The first-order valence-electron chi connectivity index (χ1n) is 7.21. The molecule has 1 aromatic heterocycles. The van der Waals surface area contributed by atoms with E-state index < -0.39 is 0 Å². The van der Waals surface area contributed by atoms with E-state index in [0.717, 1.165) is 36.2 Å². The monoisotopic (exact) mass is 277 g/mol. The molecule has 0 aliphatic rings. The molecule has 0 saturated heterocycles. The molecule has 0 amide bonds. The minimum Gasteiger partial charge on any atom is -0.459 e. The number of unbranched alkanes of at least 4 members (excludes halogenated alkanes) is 1. The first kappa shape index (κ1) is 15.0. The van der Waals surface area contributed by atoms with Crippen molar-refractivity contribution in [2.75, 3.05) is 26.4 Å². The third-order valence-corrected chi connectivity index (χ3v) is 3.12. The number of furan rings is 1. The number of fused-ring (bicyclic) bond motifs is 1.